The fourth-order valence-electron chi connectivity index (χ4n) is 3.35. The maximum atomic E-state index is 13.3. The van der Waals surface area contributed by atoms with Crippen LogP contribution in [0.3, 0.4) is 0 Å². The zero-order valence-corrected chi connectivity index (χ0v) is 19.3. The van der Waals surface area contributed by atoms with E-state index in [9.17, 15) is 18.8 Å². The van der Waals surface area contributed by atoms with Crippen LogP contribution in [0.2, 0.25) is 0 Å². The first-order valence-corrected chi connectivity index (χ1v) is 11.5. The Labute approximate surface area is 195 Å². The molecule has 0 spiro atoms. The topological polar surface area (TPSA) is 81.8 Å². The Morgan fingerprint density at radius 3 is 2.56 bits per heavy atom. The molecule has 2 aromatic rings. The van der Waals surface area contributed by atoms with E-state index >= 15 is 0 Å². The van der Waals surface area contributed by atoms with Gasteiger partial charge in [0.15, 0.2) is 5.11 Å². The van der Waals surface area contributed by atoms with Gasteiger partial charge >= 0.3 is 0 Å². The van der Waals surface area contributed by atoms with Crippen molar-refractivity contribution in [3.63, 3.8) is 0 Å². The lowest BCUT2D eigenvalue weighted by Gasteiger charge is -2.24. The number of thioether (sulfide) groups is 1. The number of thiocarbonyl (C=S) groups is 1. The summed E-state index contributed by atoms with van der Waals surface area (Å²) in [5.74, 6) is -1.32. The molecule has 3 amide bonds. The van der Waals surface area contributed by atoms with Crippen molar-refractivity contribution in [3.8, 4) is 0 Å². The highest BCUT2D eigenvalue weighted by Gasteiger charge is 2.44. The molecular weight excluding hydrogens is 451 g/mol. The molecule has 1 fully saturated rings. The summed E-state index contributed by atoms with van der Waals surface area (Å²) in [5.41, 5.74) is 1.05. The Morgan fingerprint density at radius 2 is 1.91 bits per heavy atom. The fraction of sp³-hybridized carbons (Fsp3) is 0.273. The van der Waals surface area contributed by atoms with Crippen LogP contribution in [-0.2, 0) is 14.4 Å². The molecule has 1 aliphatic heterocycles. The van der Waals surface area contributed by atoms with Crippen LogP contribution < -0.4 is 15.5 Å². The lowest BCUT2D eigenvalue weighted by atomic mass is 10.1. The lowest BCUT2D eigenvalue weighted by Crippen LogP contribution is -2.42. The van der Waals surface area contributed by atoms with E-state index in [-0.39, 0.29) is 36.4 Å². The van der Waals surface area contributed by atoms with Gasteiger partial charge in [0.25, 0.3) is 5.91 Å². The van der Waals surface area contributed by atoms with Crippen molar-refractivity contribution in [2.75, 3.05) is 29.6 Å². The molecule has 2 aromatic carbocycles. The fourth-order valence-corrected chi connectivity index (χ4v) is 4.21. The monoisotopic (exact) mass is 474 g/mol. The Morgan fingerprint density at radius 1 is 1.19 bits per heavy atom. The second kappa shape index (κ2) is 10.6. The third-order valence-corrected chi connectivity index (χ3v) is 6.01. The zero-order chi connectivity index (χ0) is 23.3. The zero-order valence-electron chi connectivity index (χ0n) is 17.6. The molecule has 1 aliphatic rings. The molecule has 0 aromatic heterocycles. The number of carbonyl (C=O) groups is 3. The smallest absolute Gasteiger partial charge is 0.256 e. The number of nitrogens with one attached hydrogen (secondary N) is 2. The maximum absolute atomic E-state index is 13.3. The van der Waals surface area contributed by atoms with E-state index in [4.69, 9.17) is 12.2 Å². The number of hydrogen-bond donors (Lipinski definition) is 2. The maximum Gasteiger partial charge on any atom is 0.256 e. The molecule has 0 aliphatic carbocycles. The first-order chi connectivity index (χ1) is 15.3. The van der Waals surface area contributed by atoms with Gasteiger partial charge in [-0.05, 0) is 60.9 Å². The molecular formula is C22H23FN4O3S2. The van der Waals surface area contributed by atoms with Crippen LogP contribution in [0.1, 0.15) is 13.3 Å². The van der Waals surface area contributed by atoms with E-state index < -0.39 is 17.8 Å². The number of rotatable bonds is 8. The average molecular weight is 475 g/mol. The normalized spacial score (nSPS) is 15.8. The summed E-state index contributed by atoms with van der Waals surface area (Å²) < 4.78 is 13.1. The Hall–Kier alpha value is -2.98. The molecule has 1 saturated heterocycles. The quantitative estimate of drug-likeness (QED) is 0.452. The predicted octanol–water partition coefficient (Wildman–Crippen LogP) is 3.01. The van der Waals surface area contributed by atoms with Crippen LogP contribution in [0.4, 0.5) is 15.8 Å². The Balaban J connectivity index is 1.81. The van der Waals surface area contributed by atoms with Crippen molar-refractivity contribution in [1.82, 2.24) is 10.2 Å². The van der Waals surface area contributed by atoms with Gasteiger partial charge in [-0.1, -0.05) is 6.07 Å². The molecule has 0 saturated carbocycles. The van der Waals surface area contributed by atoms with E-state index in [0.29, 0.717) is 11.4 Å². The largest absolute Gasteiger partial charge is 0.355 e. The van der Waals surface area contributed by atoms with Crippen molar-refractivity contribution in [2.24, 2.45) is 0 Å². The average Bonchev–Trinajstić information content (AvgIpc) is 2.99. The molecule has 0 bridgehead atoms. The highest BCUT2D eigenvalue weighted by Crippen LogP contribution is 2.29. The standard InChI is InChI=1S/C22H23FN4O3S2/c1-14(28)24-10-11-26-19(13-20(29)25-16-8-6-15(23)7-9-16)21(30)27(22(26)31)17-4-3-5-18(12-17)32-2/h3-9,12,19H,10-11,13H2,1-2H3,(H,24,28)(H,25,29)/t19-/m1/s1. The molecule has 7 nitrogen and oxygen atoms in total. The SMILES string of the molecule is CSc1cccc(N2C(=O)[C@@H](CC(=O)Nc3ccc(F)cc3)N(CCNC(C)=O)C2=S)c1. The molecule has 3 rings (SSSR count). The number of carbonyl (C=O) groups excluding carboxylic acids is 3. The van der Waals surface area contributed by atoms with Crippen molar-refractivity contribution < 1.29 is 18.8 Å². The van der Waals surface area contributed by atoms with Gasteiger partial charge in [0, 0.05) is 30.6 Å². The third kappa shape index (κ3) is 5.63. The summed E-state index contributed by atoms with van der Waals surface area (Å²) in [5, 5.41) is 5.65. The summed E-state index contributed by atoms with van der Waals surface area (Å²) in [4.78, 5) is 41.3. The summed E-state index contributed by atoms with van der Waals surface area (Å²) in [6.07, 6.45) is 1.79. The number of halogens is 1. The summed E-state index contributed by atoms with van der Waals surface area (Å²) in [6.45, 7) is 1.95. The minimum absolute atomic E-state index is 0.144. The molecule has 1 heterocycles. The minimum atomic E-state index is -0.824. The number of anilines is 2. The van der Waals surface area contributed by atoms with Gasteiger partial charge in [0.2, 0.25) is 11.8 Å². The van der Waals surface area contributed by atoms with Crippen molar-refractivity contribution >= 4 is 58.2 Å². The van der Waals surface area contributed by atoms with E-state index in [1.54, 1.807) is 22.7 Å². The van der Waals surface area contributed by atoms with Crippen LogP contribution in [0.5, 0.6) is 0 Å². The van der Waals surface area contributed by atoms with E-state index in [2.05, 4.69) is 10.6 Å². The van der Waals surface area contributed by atoms with Gasteiger partial charge in [0.05, 0.1) is 12.1 Å². The highest BCUT2D eigenvalue weighted by atomic mass is 32.2. The van der Waals surface area contributed by atoms with Crippen LogP contribution >= 0.6 is 24.0 Å². The molecule has 0 unspecified atom stereocenters. The van der Waals surface area contributed by atoms with Gasteiger partial charge in [-0.15, -0.1) is 11.8 Å². The first-order valence-electron chi connectivity index (χ1n) is 9.88. The third-order valence-electron chi connectivity index (χ3n) is 4.86. The van der Waals surface area contributed by atoms with Crippen LogP contribution in [0.25, 0.3) is 0 Å². The summed E-state index contributed by atoms with van der Waals surface area (Å²) in [7, 11) is 0. The van der Waals surface area contributed by atoms with Crippen molar-refractivity contribution in [2.45, 2.75) is 24.3 Å². The lowest BCUT2D eigenvalue weighted by molar-refractivity contribution is -0.124. The van der Waals surface area contributed by atoms with Gasteiger partial charge in [-0.3, -0.25) is 19.3 Å². The molecule has 32 heavy (non-hydrogen) atoms. The molecule has 1 atom stereocenters. The first kappa shape index (κ1) is 23.7. The molecule has 2 N–H and O–H groups in total. The number of nitrogens with zero attached hydrogens (tertiary/aromatic N) is 2. The predicted molar refractivity (Wildman–Crippen MR) is 127 cm³/mol. The Bertz CT molecular complexity index is 1030. The number of benzene rings is 2. The second-order valence-electron chi connectivity index (χ2n) is 7.11. The van der Waals surface area contributed by atoms with E-state index in [1.807, 2.05) is 24.5 Å². The Kier molecular flexibility index (Phi) is 7.81. The molecule has 168 valence electrons. The molecule has 0 radical (unpaired) electrons. The van der Waals surface area contributed by atoms with Gasteiger partial charge < -0.3 is 15.5 Å². The van der Waals surface area contributed by atoms with Crippen LogP contribution in [0, 0.1) is 5.82 Å². The van der Waals surface area contributed by atoms with Gasteiger partial charge in [-0.2, -0.15) is 0 Å². The highest BCUT2D eigenvalue weighted by molar-refractivity contribution is 7.98. The number of amides is 3. The minimum Gasteiger partial charge on any atom is -0.355 e. The van der Waals surface area contributed by atoms with Gasteiger partial charge in [-0.25, -0.2) is 4.39 Å². The van der Waals surface area contributed by atoms with Crippen molar-refractivity contribution in [3.05, 3.63) is 54.3 Å². The van der Waals surface area contributed by atoms with Gasteiger partial charge in [0.1, 0.15) is 11.9 Å². The number of hydrogen-bond acceptors (Lipinski definition) is 5. The summed E-state index contributed by atoms with van der Waals surface area (Å²) in [6, 6.07) is 12.0. The van der Waals surface area contributed by atoms with E-state index in [0.717, 1.165) is 4.90 Å². The summed E-state index contributed by atoms with van der Waals surface area (Å²) >= 11 is 7.13. The van der Waals surface area contributed by atoms with Crippen LogP contribution in [0.15, 0.2) is 53.4 Å². The van der Waals surface area contributed by atoms with Crippen LogP contribution in [-0.4, -0.2) is 53.1 Å². The molecule has 10 heteroatoms. The van der Waals surface area contributed by atoms with Crippen molar-refractivity contribution in [1.29, 1.82) is 0 Å². The van der Waals surface area contributed by atoms with E-state index in [1.165, 1.54) is 36.1 Å². The second-order valence-corrected chi connectivity index (χ2v) is 8.35.